The van der Waals surface area contributed by atoms with E-state index in [1.807, 2.05) is 6.07 Å². The molecule has 1 radical (unpaired) electrons. The second-order valence-corrected chi connectivity index (χ2v) is 2.42. The first-order valence-corrected chi connectivity index (χ1v) is 3.24. The lowest BCUT2D eigenvalue weighted by molar-refractivity contribution is 1.34. The van der Waals surface area contributed by atoms with Crippen LogP contribution in [0.4, 0.5) is 0 Å². The molecular formula is C7H4ClN2. The Morgan fingerprint density at radius 2 is 2.50 bits per heavy atom. The first-order chi connectivity index (χ1) is 4.86. The predicted molar refractivity (Wildman–Crippen MR) is 39.9 cm³/mol. The molecule has 0 spiro atoms. The molecule has 2 aromatic rings. The third kappa shape index (κ3) is 0.772. The maximum Gasteiger partial charge on any atom is 0.0962 e. The predicted octanol–water partition coefficient (Wildman–Crippen LogP) is 2.02. The Bertz CT molecular complexity index is 353. The number of hydrogen-bond donors (Lipinski definition) is 1. The van der Waals surface area contributed by atoms with Crippen molar-refractivity contribution >= 4 is 22.6 Å². The summed E-state index contributed by atoms with van der Waals surface area (Å²) in [5.41, 5.74) is 1.75. The van der Waals surface area contributed by atoms with Crippen molar-refractivity contribution in [3.8, 4) is 0 Å². The molecule has 0 aliphatic rings. The summed E-state index contributed by atoms with van der Waals surface area (Å²) >= 11 is 5.70. The summed E-state index contributed by atoms with van der Waals surface area (Å²) in [6.45, 7) is 0. The van der Waals surface area contributed by atoms with Crippen molar-refractivity contribution in [1.29, 1.82) is 0 Å². The van der Waals surface area contributed by atoms with E-state index in [9.17, 15) is 0 Å². The van der Waals surface area contributed by atoms with Gasteiger partial charge in [-0.15, -0.1) is 0 Å². The Morgan fingerprint density at radius 3 is 3.40 bits per heavy atom. The van der Waals surface area contributed by atoms with Gasteiger partial charge in [-0.25, -0.2) is 4.98 Å². The zero-order valence-corrected chi connectivity index (χ0v) is 5.81. The molecule has 0 atom stereocenters. The number of aromatic amines is 1. The maximum absolute atomic E-state index is 5.70. The van der Waals surface area contributed by atoms with Crippen LogP contribution in [0.1, 0.15) is 0 Å². The van der Waals surface area contributed by atoms with Gasteiger partial charge in [0.05, 0.1) is 17.4 Å². The average molecular weight is 152 g/mol. The number of nitrogens with zero attached hydrogens (tertiary/aromatic N) is 1. The first-order valence-electron chi connectivity index (χ1n) is 2.86. The van der Waals surface area contributed by atoms with Crippen LogP contribution < -0.4 is 0 Å². The van der Waals surface area contributed by atoms with E-state index in [0.29, 0.717) is 5.02 Å². The molecule has 1 aromatic carbocycles. The van der Waals surface area contributed by atoms with E-state index in [4.69, 9.17) is 11.6 Å². The molecule has 0 fully saturated rings. The molecule has 3 heteroatoms. The van der Waals surface area contributed by atoms with Crippen molar-refractivity contribution in [1.82, 2.24) is 9.97 Å². The molecule has 1 N–H and O–H groups in total. The number of aromatic nitrogens is 2. The molecule has 2 nitrogen and oxygen atoms in total. The normalized spacial score (nSPS) is 10.5. The maximum atomic E-state index is 5.70. The van der Waals surface area contributed by atoms with Crippen molar-refractivity contribution < 1.29 is 0 Å². The molecule has 0 saturated carbocycles. The molecule has 0 bridgehead atoms. The van der Waals surface area contributed by atoms with Crippen LogP contribution in [0.15, 0.2) is 18.5 Å². The summed E-state index contributed by atoms with van der Waals surface area (Å²) in [6, 6.07) is 6.44. The van der Waals surface area contributed by atoms with Crippen LogP contribution in [0, 0.1) is 6.07 Å². The topological polar surface area (TPSA) is 28.7 Å². The van der Waals surface area contributed by atoms with Crippen LogP contribution in [0.3, 0.4) is 0 Å². The number of benzene rings is 1. The molecule has 10 heavy (non-hydrogen) atoms. The highest BCUT2D eigenvalue weighted by Crippen LogP contribution is 2.14. The molecular weight excluding hydrogens is 148 g/mol. The third-order valence-electron chi connectivity index (χ3n) is 1.30. The number of rotatable bonds is 0. The van der Waals surface area contributed by atoms with Gasteiger partial charge in [0.15, 0.2) is 0 Å². The number of H-pyrrole nitrogens is 1. The summed E-state index contributed by atoms with van der Waals surface area (Å²) < 4.78 is 0. The van der Waals surface area contributed by atoms with E-state index < -0.39 is 0 Å². The van der Waals surface area contributed by atoms with E-state index in [2.05, 4.69) is 16.0 Å². The molecule has 49 valence electrons. The second-order valence-electron chi connectivity index (χ2n) is 1.98. The molecule has 1 aromatic heterocycles. The van der Waals surface area contributed by atoms with Gasteiger partial charge in [0.1, 0.15) is 0 Å². The highest BCUT2D eigenvalue weighted by atomic mass is 35.5. The Kier molecular flexibility index (Phi) is 1.14. The fourth-order valence-electron chi connectivity index (χ4n) is 0.846. The SMILES string of the molecule is Clc1c[c]c2nc[nH]c2c1. The van der Waals surface area contributed by atoms with Gasteiger partial charge in [0.25, 0.3) is 0 Å². The van der Waals surface area contributed by atoms with E-state index in [-0.39, 0.29) is 0 Å². The third-order valence-corrected chi connectivity index (χ3v) is 1.52. The summed E-state index contributed by atoms with van der Waals surface area (Å²) in [7, 11) is 0. The number of fused-ring (bicyclic) bond motifs is 1. The van der Waals surface area contributed by atoms with Crippen molar-refractivity contribution in [2.24, 2.45) is 0 Å². The molecule has 0 saturated heterocycles. The largest absolute Gasteiger partial charge is 0.345 e. The highest BCUT2D eigenvalue weighted by Gasteiger charge is 1.94. The monoisotopic (exact) mass is 151 g/mol. The fourth-order valence-corrected chi connectivity index (χ4v) is 1.01. The molecule has 2 rings (SSSR count). The summed E-state index contributed by atoms with van der Waals surface area (Å²) in [5.74, 6) is 0. The Balaban J connectivity index is 2.86. The Hall–Kier alpha value is -1.02. The van der Waals surface area contributed by atoms with Crippen molar-refractivity contribution in [2.45, 2.75) is 0 Å². The minimum atomic E-state index is 0.678. The van der Waals surface area contributed by atoms with Crippen LogP contribution >= 0.6 is 11.6 Å². The van der Waals surface area contributed by atoms with Crippen molar-refractivity contribution in [3.63, 3.8) is 0 Å². The quantitative estimate of drug-likeness (QED) is 0.613. The molecule has 0 amide bonds. The first kappa shape index (κ1) is 5.74. The zero-order chi connectivity index (χ0) is 6.97. The van der Waals surface area contributed by atoms with Crippen LogP contribution in [0.2, 0.25) is 5.02 Å². The van der Waals surface area contributed by atoms with Crippen LogP contribution in [0.5, 0.6) is 0 Å². The smallest absolute Gasteiger partial charge is 0.0962 e. The van der Waals surface area contributed by atoms with Gasteiger partial charge < -0.3 is 4.98 Å². The number of hydrogen-bond acceptors (Lipinski definition) is 1. The van der Waals surface area contributed by atoms with Gasteiger partial charge in [0.2, 0.25) is 0 Å². The molecule has 0 aliphatic heterocycles. The number of imidazole rings is 1. The minimum absolute atomic E-state index is 0.678. The van der Waals surface area contributed by atoms with Crippen LogP contribution in [-0.2, 0) is 0 Å². The molecule has 0 unspecified atom stereocenters. The lowest BCUT2D eigenvalue weighted by Gasteiger charge is -1.86. The van der Waals surface area contributed by atoms with E-state index >= 15 is 0 Å². The van der Waals surface area contributed by atoms with Gasteiger partial charge in [0, 0.05) is 11.1 Å². The van der Waals surface area contributed by atoms with Gasteiger partial charge in [-0.3, -0.25) is 0 Å². The molecule has 1 heterocycles. The van der Waals surface area contributed by atoms with Gasteiger partial charge in [-0.1, -0.05) is 11.6 Å². The molecule has 0 aliphatic carbocycles. The average Bonchev–Trinajstić information content (AvgIpc) is 2.33. The minimum Gasteiger partial charge on any atom is -0.345 e. The summed E-state index contributed by atoms with van der Waals surface area (Å²) in [4.78, 5) is 6.92. The summed E-state index contributed by atoms with van der Waals surface area (Å²) in [6.07, 6.45) is 1.62. The highest BCUT2D eigenvalue weighted by molar-refractivity contribution is 6.31. The van der Waals surface area contributed by atoms with Crippen molar-refractivity contribution in [3.05, 3.63) is 29.5 Å². The lowest BCUT2D eigenvalue weighted by Crippen LogP contribution is -1.68. The zero-order valence-electron chi connectivity index (χ0n) is 5.06. The van der Waals surface area contributed by atoms with E-state index in [1.165, 1.54) is 0 Å². The number of nitrogens with one attached hydrogen (secondary N) is 1. The van der Waals surface area contributed by atoms with E-state index in [0.717, 1.165) is 11.0 Å². The van der Waals surface area contributed by atoms with Gasteiger partial charge in [-0.05, 0) is 12.1 Å². The van der Waals surface area contributed by atoms with Gasteiger partial charge >= 0.3 is 0 Å². The van der Waals surface area contributed by atoms with Crippen molar-refractivity contribution in [2.75, 3.05) is 0 Å². The number of halogens is 1. The van der Waals surface area contributed by atoms with E-state index in [1.54, 1.807) is 12.4 Å². The summed E-state index contributed by atoms with van der Waals surface area (Å²) in [5, 5.41) is 0.678. The van der Waals surface area contributed by atoms with Crippen LogP contribution in [0.25, 0.3) is 11.0 Å². The van der Waals surface area contributed by atoms with Crippen LogP contribution in [-0.4, -0.2) is 9.97 Å². The van der Waals surface area contributed by atoms with Gasteiger partial charge in [-0.2, -0.15) is 0 Å². The Morgan fingerprint density at radius 1 is 1.60 bits per heavy atom. The standard InChI is InChI=1S/C7H4ClN2/c8-5-1-2-6-7(3-5)10-4-9-6/h1,3-4H,(H,9,10). The Labute approximate surface area is 62.8 Å². The second kappa shape index (κ2) is 1.99. The fraction of sp³-hybridized carbons (Fsp3) is 0. The lowest BCUT2D eigenvalue weighted by atomic mass is 10.3.